The van der Waals surface area contributed by atoms with Crippen LogP contribution in [0.2, 0.25) is 0 Å². The molecule has 0 aromatic heterocycles. The molecule has 0 radical (unpaired) electrons. The summed E-state index contributed by atoms with van der Waals surface area (Å²) >= 11 is 0. The second-order valence-electron chi connectivity index (χ2n) is 4.53. The highest BCUT2D eigenvalue weighted by Crippen LogP contribution is 2.18. The smallest absolute Gasteiger partial charge is 0.0558 e. The van der Waals surface area contributed by atoms with Crippen LogP contribution in [0.1, 0.15) is 12.5 Å². The van der Waals surface area contributed by atoms with Crippen LogP contribution in [0.15, 0.2) is 43.0 Å². The molecule has 3 nitrogen and oxygen atoms in total. The number of nitrogens with zero attached hydrogens (tertiary/aromatic N) is 1. The molecule has 0 heterocycles. The first-order valence-electron chi connectivity index (χ1n) is 5.88. The fraction of sp³-hybridized carbons (Fsp3) is 0.429. The van der Waals surface area contributed by atoms with Gasteiger partial charge in [-0.3, -0.25) is 4.90 Å². The number of hydrogen-bond donors (Lipinski definition) is 2. The second kappa shape index (κ2) is 6.55. The molecule has 0 aliphatic rings. The molecule has 0 saturated heterocycles. The zero-order valence-electron chi connectivity index (χ0n) is 10.5. The summed E-state index contributed by atoms with van der Waals surface area (Å²) in [5.41, 5.74) is 7.03. The molecule has 3 heteroatoms. The predicted octanol–water partition coefficient (Wildman–Crippen LogP) is 1.34. The van der Waals surface area contributed by atoms with Gasteiger partial charge in [-0.15, -0.1) is 6.58 Å². The SMILES string of the molecule is C=CCN(CCO)CC(C)(N)c1ccccc1. The second-order valence-corrected chi connectivity index (χ2v) is 4.53. The molecule has 94 valence electrons. The van der Waals surface area contributed by atoms with E-state index in [0.717, 1.165) is 12.1 Å². The third kappa shape index (κ3) is 4.30. The van der Waals surface area contributed by atoms with E-state index >= 15 is 0 Å². The number of aliphatic hydroxyl groups excluding tert-OH is 1. The summed E-state index contributed by atoms with van der Waals surface area (Å²) in [5, 5.41) is 9.01. The molecular weight excluding hydrogens is 212 g/mol. The van der Waals surface area contributed by atoms with Crippen LogP contribution in [0.5, 0.6) is 0 Å². The zero-order chi connectivity index (χ0) is 12.7. The van der Waals surface area contributed by atoms with Gasteiger partial charge >= 0.3 is 0 Å². The third-order valence-corrected chi connectivity index (χ3v) is 2.79. The van der Waals surface area contributed by atoms with Crippen molar-refractivity contribution in [3.8, 4) is 0 Å². The zero-order valence-corrected chi connectivity index (χ0v) is 10.5. The van der Waals surface area contributed by atoms with E-state index in [0.29, 0.717) is 13.1 Å². The summed E-state index contributed by atoms with van der Waals surface area (Å²) in [6.07, 6.45) is 1.83. The Labute approximate surface area is 104 Å². The summed E-state index contributed by atoms with van der Waals surface area (Å²) in [7, 11) is 0. The first-order chi connectivity index (χ1) is 8.10. The molecule has 1 rings (SSSR count). The van der Waals surface area contributed by atoms with Gasteiger partial charge in [-0.25, -0.2) is 0 Å². The molecule has 0 aliphatic heterocycles. The van der Waals surface area contributed by atoms with Gasteiger partial charge in [0.2, 0.25) is 0 Å². The molecule has 1 unspecified atom stereocenters. The van der Waals surface area contributed by atoms with E-state index in [9.17, 15) is 0 Å². The highest BCUT2D eigenvalue weighted by molar-refractivity contribution is 5.23. The third-order valence-electron chi connectivity index (χ3n) is 2.79. The maximum absolute atomic E-state index is 9.01. The minimum atomic E-state index is -0.417. The molecule has 1 aromatic rings. The maximum atomic E-state index is 9.01. The van der Waals surface area contributed by atoms with E-state index in [-0.39, 0.29) is 6.61 Å². The van der Waals surface area contributed by atoms with E-state index in [1.54, 1.807) is 0 Å². The van der Waals surface area contributed by atoms with Crippen molar-refractivity contribution in [1.29, 1.82) is 0 Å². The highest BCUT2D eigenvalue weighted by Gasteiger charge is 2.23. The molecule has 1 atom stereocenters. The van der Waals surface area contributed by atoms with Crippen LogP contribution < -0.4 is 5.73 Å². The van der Waals surface area contributed by atoms with Crippen molar-refractivity contribution in [3.63, 3.8) is 0 Å². The van der Waals surface area contributed by atoms with E-state index < -0.39 is 5.54 Å². The van der Waals surface area contributed by atoms with Crippen molar-refractivity contribution in [2.24, 2.45) is 5.73 Å². The maximum Gasteiger partial charge on any atom is 0.0558 e. The average Bonchev–Trinajstić information content (AvgIpc) is 2.30. The van der Waals surface area contributed by atoms with E-state index in [4.69, 9.17) is 10.8 Å². The van der Waals surface area contributed by atoms with Crippen molar-refractivity contribution < 1.29 is 5.11 Å². The molecule has 0 fully saturated rings. The molecule has 0 aliphatic carbocycles. The van der Waals surface area contributed by atoms with Gasteiger partial charge in [-0.1, -0.05) is 36.4 Å². The van der Waals surface area contributed by atoms with Crippen molar-refractivity contribution >= 4 is 0 Å². The lowest BCUT2D eigenvalue weighted by atomic mass is 9.92. The lowest BCUT2D eigenvalue weighted by Crippen LogP contribution is -2.46. The number of rotatable bonds is 7. The van der Waals surface area contributed by atoms with Crippen LogP contribution in [0, 0.1) is 0 Å². The van der Waals surface area contributed by atoms with Crippen molar-refractivity contribution in [2.45, 2.75) is 12.5 Å². The van der Waals surface area contributed by atoms with Gasteiger partial charge in [0.15, 0.2) is 0 Å². The Bertz CT molecular complexity index is 335. The number of aliphatic hydroxyl groups is 1. The van der Waals surface area contributed by atoms with Crippen LogP contribution in [-0.2, 0) is 5.54 Å². The molecule has 0 bridgehead atoms. The Hall–Kier alpha value is -1.16. The Morgan fingerprint density at radius 2 is 2.06 bits per heavy atom. The Morgan fingerprint density at radius 1 is 1.41 bits per heavy atom. The first-order valence-corrected chi connectivity index (χ1v) is 5.88. The normalized spacial score (nSPS) is 14.6. The largest absolute Gasteiger partial charge is 0.395 e. The topological polar surface area (TPSA) is 49.5 Å². The van der Waals surface area contributed by atoms with Crippen LogP contribution in [0.25, 0.3) is 0 Å². The Kier molecular flexibility index (Phi) is 5.35. The molecule has 0 amide bonds. The summed E-state index contributed by atoms with van der Waals surface area (Å²) in [6.45, 7) is 7.92. The minimum absolute atomic E-state index is 0.138. The van der Waals surface area contributed by atoms with E-state index in [1.807, 2.05) is 43.3 Å². The lowest BCUT2D eigenvalue weighted by Gasteiger charge is -2.32. The monoisotopic (exact) mass is 234 g/mol. The van der Waals surface area contributed by atoms with Gasteiger partial charge in [0.1, 0.15) is 0 Å². The first kappa shape index (κ1) is 13.9. The standard InChI is InChI=1S/C14H22N2O/c1-3-9-16(10-11-17)12-14(2,15)13-7-5-4-6-8-13/h3-8,17H,1,9-12,15H2,2H3. The fourth-order valence-corrected chi connectivity index (χ4v) is 1.93. The summed E-state index contributed by atoms with van der Waals surface area (Å²) in [4.78, 5) is 2.10. The molecule has 0 spiro atoms. The van der Waals surface area contributed by atoms with E-state index in [1.165, 1.54) is 0 Å². The fourth-order valence-electron chi connectivity index (χ4n) is 1.93. The van der Waals surface area contributed by atoms with Gasteiger partial charge in [-0.2, -0.15) is 0 Å². The van der Waals surface area contributed by atoms with Crippen molar-refractivity contribution in [3.05, 3.63) is 48.6 Å². The van der Waals surface area contributed by atoms with Gasteiger partial charge in [0.05, 0.1) is 12.1 Å². The Morgan fingerprint density at radius 3 is 2.59 bits per heavy atom. The van der Waals surface area contributed by atoms with Gasteiger partial charge in [-0.05, 0) is 12.5 Å². The molecular formula is C14H22N2O. The molecule has 1 aromatic carbocycles. The lowest BCUT2D eigenvalue weighted by molar-refractivity contribution is 0.180. The Balaban J connectivity index is 2.72. The number of benzene rings is 1. The van der Waals surface area contributed by atoms with Crippen molar-refractivity contribution in [2.75, 3.05) is 26.2 Å². The molecule has 17 heavy (non-hydrogen) atoms. The van der Waals surface area contributed by atoms with Gasteiger partial charge < -0.3 is 10.8 Å². The van der Waals surface area contributed by atoms with Gasteiger partial charge in [0.25, 0.3) is 0 Å². The number of nitrogens with two attached hydrogens (primary N) is 1. The minimum Gasteiger partial charge on any atom is -0.395 e. The summed E-state index contributed by atoms with van der Waals surface area (Å²) in [5.74, 6) is 0. The van der Waals surface area contributed by atoms with Crippen LogP contribution in [-0.4, -0.2) is 36.2 Å². The summed E-state index contributed by atoms with van der Waals surface area (Å²) in [6, 6.07) is 10.0. The van der Waals surface area contributed by atoms with Crippen LogP contribution >= 0.6 is 0 Å². The molecule has 0 saturated carbocycles. The van der Waals surface area contributed by atoms with Crippen LogP contribution in [0.3, 0.4) is 0 Å². The van der Waals surface area contributed by atoms with Crippen molar-refractivity contribution in [1.82, 2.24) is 4.90 Å². The average molecular weight is 234 g/mol. The summed E-state index contributed by atoms with van der Waals surface area (Å²) < 4.78 is 0. The quantitative estimate of drug-likeness (QED) is 0.700. The van der Waals surface area contributed by atoms with E-state index in [2.05, 4.69) is 11.5 Å². The van der Waals surface area contributed by atoms with Gasteiger partial charge in [0, 0.05) is 19.6 Å². The van der Waals surface area contributed by atoms with Crippen LogP contribution in [0.4, 0.5) is 0 Å². The predicted molar refractivity (Wildman–Crippen MR) is 71.7 cm³/mol. The number of hydrogen-bond acceptors (Lipinski definition) is 3. The highest BCUT2D eigenvalue weighted by atomic mass is 16.3. The molecule has 3 N–H and O–H groups in total.